The van der Waals surface area contributed by atoms with Crippen molar-refractivity contribution in [2.45, 2.75) is 20.0 Å². The number of esters is 1. The third kappa shape index (κ3) is 3.59. The predicted molar refractivity (Wildman–Crippen MR) is 83.3 cm³/mol. The van der Waals surface area contributed by atoms with Gasteiger partial charge in [-0.05, 0) is 12.5 Å². The Hall–Kier alpha value is -2.48. The average Bonchev–Trinajstić information content (AvgIpc) is 2.99. The van der Waals surface area contributed by atoms with Gasteiger partial charge < -0.3 is 10.1 Å². The number of rotatable bonds is 6. The van der Waals surface area contributed by atoms with Gasteiger partial charge in [0, 0.05) is 30.2 Å². The maximum Gasteiger partial charge on any atom is 0.340 e. The number of benzene rings is 1. The molecule has 0 spiro atoms. The first kappa shape index (κ1) is 15.9. The van der Waals surface area contributed by atoms with Gasteiger partial charge in [-0.15, -0.1) is 11.3 Å². The van der Waals surface area contributed by atoms with E-state index in [1.807, 2.05) is 12.3 Å². The van der Waals surface area contributed by atoms with E-state index in [4.69, 9.17) is 4.74 Å². The molecule has 0 atom stereocenters. The summed E-state index contributed by atoms with van der Waals surface area (Å²) < 4.78 is 5.19. The Morgan fingerprint density at radius 2 is 2.27 bits per heavy atom. The van der Waals surface area contributed by atoms with E-state index >= 15 is 0 Å². The maximum atomic E-state index is 12.1. The number of hydrogen-bond acceptors (Lipinski definition) is 7. The SMILES string of the molecule is CCc1nc(COC(=O)c2cc([N+](=O)[O-])ccc2NC)cs1. The summed E-state index contributed by atoms with van der Waals surface area (Å²) in [5.74, 6) is -0.626. The first-order valence-electron chi connectivity index (χ1n) is 6.61. The Morgan fingerprint density at radius 1 is 1.50 bits per heavy atom. The van der Waals surface area contributed by atoms with Crippen molar-refractivity contribution >= 4 is 28.7 Å². The molecular formula is C14H15N3O4S. The van der Waals surface area contributed by atoms with E-state index in [9.17, 15) is 14.9 Å². The van der Waals surface area contributed by atoms with Crippen molar-refractivity contribution in [3.05, 3.63) is 50.0 Å². The number of aryl methyl sites for hydroxylation is 1. The van der Waals surface area contributed by atoms with Gasteiger partial charge in [-0.3, -0.25) is 10.1 Å². The summed E-state index contributed by atoms with van der Waals surface area (Å²) in [7, 11) is 1.63. The lowest BCUT2D eigenvalue weighted by atomic mass is 10.1. The molecule has 8 heteroatoms. The topological polar surface area (TPSA) is 94.4 Å². The standard InChI is InChI=1S/C14H15N3O4S/c1-3-13-16-9(8-22-13)7-21-14(18)11-6-10(17(19)20)4-5-12(11)15-2/h4-6,8,15H,3,7H2,1-2H3. The lowest BCUT2D eigenvalue weighted by Crippen LogP contribution is -2.09. The molecule has 2 rings (SSSR count). The van der Waals surface area contributed by atoms with E-state index in [-0.39, 0.29) is 17.9 Å². The van der Waals surface area contributed by atoms with Crippen molar-refractivity contribution in [1.29, 1.82) is 0 Å². The molecule has 0 fully saturated rings. The predicted octanol–water partition coefficient (Wildman–Crippen LogP) is 3.01. The molecule has 1 aromatic heterocycles. The number of nitro groups is 1. The van der Waals surface area contributed by atoms with E-state index in [0.29, 0.717) is 11.4 Å². The Kier molecular flexibility index (Phi) is 5.05. The van der Waals surface area contributed by atoms with Gasteiger partial charge in [-0.2, -0.15) is 0 Å². The molecule has 7 nitrogen and oxygen atoms in total. The van der Waals surface area contributed by atoms with Crippen LogP contribution in [0.5, 0.6) is 0 Å². The maximum absolute atomic E-state index is 12.1. The summed E-state index contributed by atoms with van der Waals surface area (Å²) in [6, 6.07) is 4.01. The minimum absolute atomic E-state index is 0.0428. The number of thiazole rings is 1. The first-order chi connectivity index (χ1) is 10.5. The quantitative estimate of drug-likeness (QED) is 0.499. The van der Waals surface area contributed by atoms with E-state index in [2.05, 4.69) is 10.3 Å². The number of ether oxygens (including phenoxy) is 1. The summed E-state index contributed by atoms with van der Waals surface area (Å²) in [6.07, 6.45) is 0.827. The second kappa shape index (κ2) is 6.99. The fourth-order valence-corrected chi connectivity index (χ4v) is 2.56. The molecule has 0 saturated heterocycles. The fraction of sp³-hybridized carbons (Fsp3) is 0.286. The van der Waals surface area contributed by atoms with E-state index in [0.717, 1.165) is 11.4 Å². The molecule has 0 amide bonds. The van der Waals surface area contributed by atoms with Crippen molar-refractivity contribution in [3.63, 3.8) is 0 Å². The molecule has 1 heterocycles. The van der Waals surface area contributed by atoms with Gasteiger partial charge >= 0.3 is 5.97 Å². The van der Waals surface area contributed by atoms with Crippen LogP contribution in [-0.4, -0.2) is 22.9 Å². The molecule has 0 aliphatic heterocycles. The van der Waals surface area contributed by atoms with E-state index in [1.165, 1.54) is 29.5 Å². The summed E-state index contributed by atoms with van der Waals surface area (Å²) in [5.41, 5.74) is 1.12. The second-order valence-corrected chi connectivity index (χ2v) is 5.34. The van der Waals surface area contributed by atoms with Crippen LogP contribution in [0.1, 0.15) is 28.0 Å². The third-order valence-corrected chi connectivity index (χ3v) is 4.00. The Bertz CT molecular complexity index is 699. The number of hydrogen-bond donors (Lipinski definition) is 1. The molecule has 0 radical (unpaired) electrons. The molecule has 116 valence electrons. The number of nitrogens with one attached hydrogen (secondary N) is 1. The van der Waals surface area contributed by atoms with Crippen molar-refractivity contribution < 1.29 is 14.5 Å². The number of carbonyl (C=O) groups excluding carboxylic acids is 1. The number of nitro benzene ring substituents is 1. The van der Waals surface area contributed by atoms with Crippen LogP contribution in [0.15, 0.2) is 23.6 Å². The molecule has 0 bridgehead atoms. The molecule has 0 aliphatic carbocycles. The van der Waals surface area contributed by atoms with Crippen LogP contribution in [0, 0.1) is 10.1 Å². The van der Waals surface area contributed by atoms with Crippen LogP contribution in [-0.2, 0) is 17.8 Å². The number of nitrogens with zero attached hydrogens (tertiary/aromatic N) is 2. The number of anilines is 1. The Balaban J connectivity index is 2.14. The van der Waals surface area contributed by atoms with Crippen molar-refractivity contribution in [2.75, 3.05) is 12.4 Å². The number of non-ortho nitro benzene ring substituents is 1. The van der Waals surface area contributed by atoms with Crippen LogP contribution in [0.2, 0.25) is 0 Å². The molecule has 2 aromatic rings. The minimum Gasteiger partial charge on any atom is -0.455 e. The molecule has 0 unspecified atom stereocenters. The molecule has 0 aliphatic rings. The monoisotopic (exact) mass is 321 g/mol. The van der Waals surface area contributed by atoms with Gasteiger partial charge in [0.1, 0.15) is 6.61 Å². The van der Waals surface area contributed by atoms with E-state index < -0.39 is 10.9 Å². The highest BCUT2D eigenvalue weighted by molar-refractivity contribution is 7.09. The molecule has 0 saturated carbocycles. The van der Waals surface area contributed by atoms with Crippen LogP contribution < -0.4 is 5.32 Å². The highest BCUT2D eigenvalue weighted by atomic mass is 32.1. The fourth-order valence-electron chi connectivity index (χ4n) is 1.83. The highest BCUT2D eigenvalue weighted by Crippen LogP contribution is 2.23. The van der Waals surface area contributed by atoms with Crippen molar-refractivity contribution in [1.82, 2.24) is 4.98 Å². The average molecular weight is 321 g/mol. The van der Waals surface area contributed by atoms with Gasteiger partial charge in [0.2, 0.25) is 0 Å². The summed E-state index contributed by atoms with van der Waals surface area (Å²) >= 11 is 1.51. The summed E-state index contributed by atoms with van der Waals surface area (Å²) in [5, 5.41) is 16.4. The van der Waals surface area contributed by atoms with Gasteiger partial charge in [0.15, 0.2) is 0 Å². The van der Waals surface area contributed by atoms with Crippen LogP contribution in [0.4, 0.5) is 11.4 Å². The Labute approximate surface area is 131 Å². The third-order valence-electron chi connectivity index (χ3n) is 2.96. The highest BCUT2D eigenvalue weighted by Gasteiger charge is 2.18. The molecule has 1 aromatic carbocycles. The molecule has 22 heavy (non-hydrogen) atoms. The zero-order valence-corrected chi connectivity index (χ0v) is 13.0. The smallest absolute Gasteiger partial charge is 0.340 e. The second-order valence-electron chi connectivity index (χ2n) is 4.40. The minimum atomic E-state index is -0.626. The normalized spacial score (nSPS) is 10.3. The van der Waals surface area contributed by atoms with Crippen molar-refractivity contribution in [3.8, 4) is 0 Å². The zero-order valence-electron chi connectivity index (χ0n) is 12.2. The summed E-state index contributed by atoms with van der Waals surface area (Å²) in [6.45, 7) is 2.04. The largest absolute Gasteiger partial charge is 0.455 e. The van der Waals surface area contributed by atoms with Gasteiger partial charge in [0.25, 0.3) is 5.69 Å². The van der Waals surface area contributed by atoms with Gasteiger partial charge in [-0.1, -0.05) is 6.92 Å². The Morgan fingerprint density at radius 3 is 2.86 bits per heavy atom. The van der Waals surface area contributed by atoms with Gasteiger partial charge in [0.05, 0.1) is 21.2 Å². The van der Waals surface area contributed by atoms with Crippen LogP contribution >= 0.6 is 11.3 Å². The number of carbonyl (C=O) groups is 1. The molecular weight excluding hydrogens is 306 g/mol. The zero-order chi connectivity index (χ0) is 16.1. The first-order valence-corrected chi connectivity index (χ1v) is 7.49. The molecule has 1 N–H and O–H groups in total. The van der Waals surface area contributed by atoms with Gasteiger partial charge in [-0.25, -0.2) is 9.78 Å². The lowest BCUT2D eigenvalue weighted by Gasteiger charge is -2.08. The summed E-state index contributed by atoms with van der Waals surface area (Å²) in [4.78, 5) is 26.7. The van der Waals surface area contributed by atoms with Crippen LogP contribution in [0.25, 0.3) is 0 Å². The number of aromatic nitrogens is 1. The van der Waals surface area contributed by atoms with E-state index in [1.54, 1.807) is 7.05 Å². The lowest BCUT2D eigenvalue weighted by molar-refractivity contribution is -0.384. The van der Waals surface area contributed by atoms with Crippen LogP contribution in [0.3, 0.4) is 0 Å². The van der Waals surface area contributed by atoms with Crippen molar-refractivity contribution in [2.24, 2.45) is 0 Å².